The summed E-state index contributed by atoms with van der Waals surface area (Å²) in [4.78, 5) is 12.2. The lowest BCUT2D eigenvalue weighted by Gasteiger charge is -2.38. The smallest absolute Gasteiger partial charge is 0.326 e. The van der Waals surface area contributed by atoms with Crippen molar-refractivity contribution in [3.8, 4) is 0 Å². The van der Waals surface area contributed by atoms with E-state index in [0.29, 0.717) is 11.9 Å². The summed E-state index contributed by atoms with van der Waals surface area (Å²) >= 11 is 1.87. The molecule has 1 aromatic rings. The van der Waals surface area contributed by atoms with Gasteiger partial charge in [-0.3, -0.25) is 4.79 Å². The van der Waals surface area contributed by atoms with E-state index in [1.54, 1.807) is 6.26 Å². The van der Waals surface area contributed by atoms with Crippen LogP contribution in [0.2, 0.25) is 0 Å². The van der Waals surface area contributed by atoms with E-state index < -0.39 is 5.54 Å². The largest absolute Gasteiger partial charge is 0.468 e. The van der Waals surface area contributed by atoms with Gasteiger partial charge in [0.25, 0.3) is 0 Å². The summed E-state index contributed by atoms with van der Waals surface area (Å²) in [6, 6.07) is 3.90. The third-order valence-corrected chi connectivity index (χ3v) is 5.22. The molecule has 2 unspecified atom stereocenters. The molecule has 0 saturated heterocycles. The second kappa shape index (κ2) is 7.18. The second-order valence-electron chi connectivity index (χ2n) is 5.16. The van der Waals surface area contributed by atoms with Gasteiger partial charge >= 0.3 is 5.97 Å². The number of hydrogen-bond donors (Lipinski definition) is 1. The average Bonchev–Trinajstić information content (AvgIpc) is 2.99. The molecule has 1 heterocycles. The molecule has 0 radical (unpaired) electrons. The number of carbonyl (C=O) groups is 1. The van der Waals surface area contributed by atoms with Gasteiger partial charge in [0.15, 0.2) is 0 Å². The highest BCUT2D eigenvalue weighted by Gasteiger charge is 2.42. The highest BCUT2D eigenvalue weighted by molar-refractivity contribution is 7.99. The van der Waals surface area contributed by atoms with Crippen molar-refractivity contribution in [3.05, 3.63) is 24.2 Å². The molecule has 112 valence electrons. The quantitative estimate of drug-likeness (QED) is 0.818. The predicted octanol–water partition coefficient (Wildman–Crippen LogP) is 2.98. The van der Waals surface area contributed by atoms with Crippen molar-refractivity contribution in [2.45, 2.75) is 49.1 Å². The summed E-state index contributed by atoms with van der Waals surface area (Å²) < 4.78 is 10.6. The fourth-order valence-corrected chi connectivity index (χ4v) is 4.04. The average molecular weight is 297 g/mol. The first-order valence-electron chi connectivity index (χ1n) is 7.20. The molecule has 5 heteroatoms. The van der Waals surface area contributed by atoms with Crippen molar-refractivity contribution >= 4 is 17.7 Å². The van der Waals surface area contributed by atoms with Gasteiger partial charge in [-0.15, -0.1) is 0 Å². The first kappa shape index (κ1) is 15.4. The minimum absolute atomic E-state index is 0.106. The molecule has 20 heavy (non-hydrogen) atoms. The highest BCUT2D eigenvalue weighted by Crippen LogP contribution is 2.37. The van der Waals surface area contributed by atoms with Crippen LogP contribution >= 0.6 is 11.8 Å². The lowest BCUT2D eigenvalue weighted by Crippen LogP contribution is -2.54. The Morgan fingerprint density at radius 1 is 1.65 bits per heavy atom. The van der Waals surface area contributed by atoms with Gasteiger partial charge in [-0.2, -0.15) is 11.8 Å². The van der Waals surface area contributed by atoms with E-state index in [1.807, 2.05) is 37.9 Å². The van der Waals surface area contributed by atoms with Gasteiger partial charge in [0, 0.05) is 5.25 Å². The van der Waals surface area contributed by atoms with Gasteiger partial charge in [0.05, 0.1) is 18.6 Å². The van der Waals surface area contributed by atoms with Gasteiger partial charge < -0.3 is 14.5 Å². The molecule has 1 N–H and O–H groups in total. The summed E-state index contributed by atoms with van der Waals surface area (Å²) in [7, 11) is 1.86. The summed E-state index contributed by atoms with van der Waals surface area (Å²) in [5.41, 5.74) is -0.505. The minimum Gasteiger partial charge on any atom is -0.468 e. The normalized spacial score (nSPS) is 26.4. The molecular weight excluding hydrogens is 274 g/mol. The first-order chi connectivity index (χ1) is 9.70. The molecule has 0 amide bonds. The van der Waals surface area contributed by atoms with Crippen molar-refractivity contribution in [3.63, 3.8) is 0 Å². The Labute approximate surface area is 124 Å². The number of nitrogens with one attached hydrogen (secondary N) is 1. The van der Waals surface area contributed by atoms with Crippen molar-refractivity contribution in [2.75, 3.05) is 13.7 Å². The number of hydrogen-bond acceptors (Lipinski definition) is 5. The molecule has 1 aromatic heterocycles. The second-order valence-corrected chi connectivity index (χ2v) is 6.45. The number of likely N-dealkylation sites (N-methyl/N-ethyl adjacent to an activating group) is 1. The van der Waals surface area contributed by atoms with Gasteiger partial charge in [-0.1, -0.05) is 0 Å². The van der Waals surface area contributed by atoms with Crippen LogP contribution in [0.15, 0.2) is 22.8 Å². The molecule has 1 saturated carbocycles. The van der Waals surface area contributed by atoms with Crippen LogP contribution in [-0.2, 0) is 15.3 Å². The molecule has 2 rings (SSSR count). The fourth-order valence-electron chi connectivity index (χ4n) is 2.75. The molecular formula is C15H23NO3S. The fraction of sp³-hybridized carbons (Fsp3) is 0.667. The Morgan fingerprint density at radius 3 is 3.15 bits per heavy atom. The summed E-state index contributed by atoms with van der Waals surface area (Å²) in [6.45, 7) is 2.29. The van der Waals surface area contributed by atoms with Gasteiger partial charge in [-0.05, 0) is 51.8 Å². The molecule has 1 aliphatic rings. The van der Waals surface area contributed by atoms with Gasteiger partial charge in [0.1, 0.15) is 11.3 Å². The summed E-state index contributed by atoms with van der Waals surface area (Å²) in [5, 5.41) is 3.68. The number of furan rings is 1. The Kier molecular flexibility index (Phi) is 5.54. The van der Waals surface area contributed by atoms with Crippen LogP contribution in [0.25, 0.3) is 0 Å². The van der Waals surface area contributed by atoms with E-state index in [0.717, 1.165) is 37.2 Å². The highest BCUT2D eigenvalue weighted by atomic mass is 32.2. The van der Waals surface area contributed by atoms with Crippen LogP contribution < -0.4 is 5.32 Å². The lowest BCUT2D eigenvalue weighted by molar-refractivity contribution is -0.152. The minimum atomic E-state index is -0.505. The SMILES string of the molecule is CCOC(=O)C1(NC)CCCC(SCc2ccco2)C1. The molecule has 2 atom stereocenters. The maximum Gasteiger partial charge on any atom is 0.326 e. The molecule has 0 aliphatic heterocycles. The number of carbonyl (C=O) groups excluding carboxylic acids is 1. The zero-order valence-corrected chi connectivity index (χ0v) is 13.0. The molecule has 0 spiro atoms. The van der Waals surface area contributed by atoms with E-state index in [2.05, 4.69) is 5.32 Å². The third-order valence-electron chi connectivity index (χ3n) is 3.89. The van der Waals surface area contributed by atoms with Crippen LogP contribution in [0, 0.1) is 0 Å². The summed E-state index contributed by atoms with van der Waals surface area (Å²) in [5.74, 6) is 1.75. The molecule has 1 aliphatic carbocycles. The topological polar surface area (TPSA) is 51.5 Å². The summed E-state index contributed by atoms with van der Waals surface area (Å²) in [6.07, 6.45) is 5.59. The third kappa shape index (κ3) is 3.58. The zero-order chi connectivity index (χ0) is 14.4. The molecule has 1 fully saturated rings. The van der Waals surface area contributed by atoms with Crippen LogP contribution in [0.1, 0.15) is 38.4 Å². The van der Waals surface area contributed by atoms with Gasteiger partial charge in [-0.25, -0.2) is 0 Å². The maximum absolute atomic E-state index is 12.2. The number of ether oxygens (including phenoxy) is 1. The van der Waals surface area contributed by atoms with E-state index in [1.165, 1.54) is 0 Å². The number of rotatable bonds is 6. The van der Waals surface area contributed by atoms with Crippen molar-refractivity contribution in [1.29, 1.82) is 0 Å². The molecule has 4 nitrogen and oxygen atoms in total. The predicted molar refractivity (Wildman–Crippen MR) is 80.7 cm³/mol. The van der Waals surface area contributed by atoms with Crippen molar-refractivity contribution < 1.29 is 13.9 Å². The van der Waals surface area contributed by atoms with Crippen LogP contribution in [0.4, 0.5) is 0 Å². The molecule has 0 bridgehead atoms. The van der Waals surface area contributed by atoms with Crippen molar-refractivity contribution in [2.24, 2.45) is 0 Å². The standard InChI is InChI=1S/C15H23NO3S/c1-3-18-14(17)15(16-2)8-4-7-13(10-15)20-11-12-6-5-9-19-12/h5-6,9,13,16H,3-4,7-8,10-11H2,1-2H3. The Balaban J connectivity index is 1.93. The van der Waals surface area contributed by atoms with E-state index in [9.17, 15) is 4.79 Å². The number of esters is 1. The Bertz CT molecular complexity index is 421. The van der Waals surface area contributed by atoms with E-state index in [-0.39, 0.29) is 5.97 Å². The van der Waals surface area contributed by atoms with Crippen molar-refractivity contribution in [1.82, 2.24) is 5.32 Å². The Morgan fingerprint density at radius 2 is 2.50 bits per heavy atom. The van der Waals surface area contributed by atoms with Crippen LogP contribution in [0.5, 0.6) is 0 Å². The van der Waals surface area contributed by atoms with E-state index in [4.69, 9.17) is 9.15 Å². The van der Waals surface area contributed by atoms with E-state index >= 15 is 0 Å². The first-order valence-corrected chi connectivity index (χ1v) is 8.25. The van der Waals surface area contributed by atoms with Crippen LogP contribution in [0.3, 0.4) is 0 Å². The zero-order valence-electron chi connectivity index (χ0n) is 12.2. The Hall–Kier alpha value is -0.940. The van der Waals surface area contributed by atoms with Gasteiger partial charge in [0.2, 0.25) is 0 Å². The van der Waals surface area contributed by atoms with Crippen LogP contribution in [-0.4, -0.2) is 30.4 Å². The maximum atomic E-state index is 12.2. The monoisotopic (exact) mass is 297 g/mol. The molecule has 0 aromatic carbocycles. The lowest BCUT2D eigenvalue weighted by atomic mass is 9.81. The number of thioether (sulfide) groups is 1.